The topological polar surface area (TPSA) is 100 Å². The van der Waals surface area contributed by atoms with E-state index >= 15 is 0 Å². The third kappa shape index (κ3) is 4.63. The number of nitrogens with zero attached hydrogens (tertiary/aromatic N) is 6. The maximum atomic E-state index is 13.1. The number of aromatic nitrogens is 2. The summed E-state index contributed by atoms with van der Waals surface area (Å²) in [5.74, 6) is -0.985. The normalized spacial score (nSPS) is 19.4. The van der Waals surface area contributed by atoms with Crippen LogP contribution in [0.4, 0.5) is 4.79 Å². The molecule has 0 aromatic carbocycles. The second-order valence-electron chi connectivity index (χ2n) is 9.04. The highest BCUT2D eigenvalue weighted by Gasteiger charge is 2.37. The van der Waals surface area contributed by atoms with Crippen LogP contribution in [0.3, 0.4) is 0 Å². The lowest BCUT2D eigenvalue weighted by atomic mass is 10.1. The monoisotopic (exact) mass is 418 g/mol. The summed E-state index contributed by atoms with van der Waals surface area (Å²) in [7, 11) is 5.24. The summed E-state index contributed by atoms with van der Waals surface area (Å²) in [5.41, 5.74) is 1.36. The molecule has 0 fully saturated rings. The number of ether oxygens (including phenoxy) is 1. The van der Waals surface area contributed by atoms with Gasteiger partial charge in [-0.1, -0.05) is 0 Å². The first kappa shape index (κ1) is 21.8. The van der Waals surface area contributed by atoms with Gasteiger partial charge in [0, 0.05) is 46.2 Å². The van der Waals surface area contributed by atoms with Crippen LogP contribution in [0.25, 0.3) is 0 Å². The van der Waals surface area contributed by atoms with E-state index in [-0.39, 0.29) is 31.4 Å². The maximum Gasteiger partial charge on any atom is 0.410 e. The number of rotatable bonds is 2. The van der Waals surface area contributed by atoms with Crippen LogP contribution < -0.4 is 0 Å². The first-order valence-corrected chi connectivity index (χ1v) is 10.0. The molecule has 0 bridgehead atoms. The number of hydrogen-bond donors (Lipinski definition) is 0. The van der Waals surface area contributed by atoms with Gasteiger partial charge in [-0.15, -0.1) is 0 Å². The van der Waals surface area contributed by atoms with Gasteiger partial charge in [-0.25, -0.2) is 9.79 Å². The Labute approximate surface area is 176 Å². The Balaban J connectivity index is 1.87. The van der Waals surface area contributed by atoms with E-state index in [0.29, 0.717) is 18.7 Å². The van der Waals surface area contributed by atoms with Crippen molar-refractivity contribution >= 4 is 24.2 Å². The summed E-state index contributed by atoms with van der Waals surface area (Å²) in [6, 6.07) is 0. The average Bonchev–Trinajstić information content (AvgIpc) is 2.94. The van der Waals surface area contributed by atoms with Gasteiger partial charge in [-0.05, 0) is 20.8 Å². The number of carbonyl (C=O) groups is 3. The molecule has 0 saturated heterocycles. The highest BCUT2D eigenvalue weighted by Crippen LogP contribution is 2.27. The van der Waals surface area contributed by atoms with Crippen molar-refractivity contribution < 1.29 is 19.1 Å². The lowest BCUT2D eigenvalue weighted by Gasteiger charge is -2.30. The molecule has 2 aliphatic heterocycles. The Morgan fingerprint density at radius 3 is 2.60 bits per heavy atom. The first-order valence-electron chi connectivity index (χ1n) is 10.0. The van der Waals surface area contributed by atoms with Gasteiger partial charge in [0.05, 0.1) is 31.0 Å². The minimum atomic E-state index is -0.593. The third-order valence-corrected chi connectivity index (χ3v) is 4.95. The van der Waals surface area contributed by atoms with Crippen LogP contribution in [-0.4, -0.2) is 88.6 Å². The Morgan fingerprint density at radius 2 is 1.97 bits per heavy atom. The fourth-order valence-corrected chi connectivity index (χ4v) is 3.57. The van der Waals surface area contributed by atoms with Gasteiger partial charge in [-0.3, -0.25) is 14.3 Å². The molecular formula is C20H30N6O4. The van der Waals surface area contributed by atoms with Crippen molar-refractivity contribution in [1.29, 1.82) is 0 Å². The van der Waals surface area contributed by atoms with E-state index in [4.69, 9.17) is 4.74 Å². The molecule has 1 aromatic rings. The van der Waals surface area contributed by atoms with Crippen LogP contribution in [-0.2, 0) is 29.0 Å². The van der Waals surface area contributed by atoms with Gasteiger partial charge < -0.3 is 19.4 Å². The highest BCUT2D eigenvalue weighted by molar-refractivity contribution is 5.95. The summed E-state index contributed by atoms with van der Waals surface area (Å²) < 4.78 is 7.09. The van der Waals surface area contributed by atoms with E-state index < -0.39 is 17.6 Å². The van der Waals surface area contributed by atoms with Crippen LogP contribution in [0, 0.1) is 5.92 Å². The molecule has 0 saturated carbocycles. The number of carbonyl (C=O) groups excluding carboxylic acids is 3. The van der Waals surface area contributed by atoms with Crippen molar-refractivity contribution in [3.63, 3.8) is 0 Å². The second kappa shape index (κ2) is 8.08. The van der Waals surface area contributed by atoms with Gasteiger partial charge in [0.1, 0.15) is 11.3 Å². The van der Waals surface area contributed by atoms with E-state index in [1.807, 2.05) is 20.8 Å². The molecule has 3 heterocycles. The van der Waals surface area contributed by atoms with Gasteiger partial charge in [0.15, 0.2) is 0 Å². The molecule has 30 heavy (non-hydrogen) atoms. The summed E-state index contributed by atoms with van der Waals surface area (Å²) in [5, 5.41) is 4.61. The molecule has 10 nitrogen and oxygen atoms in total. The number of amides is 3. The zero-order valence-corrected chi connectivity index (χ0v) is 18.5. The minimum Gasteiger partial charge on any atom is -0.444 e. The Hall–Kier alpha value is -2.91. The largest absolute Gasteiger partial charge is 0.444 e. The van der Waals surface area contributed by atoms with Gasteiger partial charge >= 0.3 is 6.09 Å². The lowest BCUT2D eigenvalue weighted by Crippen LogP contribution is -2.40. The number of aliphatic imine (C=N–C) groups is 1. The van der Waals surface area contributed by atoms with E-state index in [1.165, 1.54) is 11.2 Å². The number of hydrogen-bond acceptors (Lipinski definition) is 5. The third-order valence-electron chi connectivity index (χ3n) is 4.95. The van der Waals surface area contributed by atoms with Crippen LogP contribution in [0.5, 0.6) is 0 Å². The van der Waals surface area contributed by atoms with Crippen LogP contribution >= 0.6 is 0 Å². The summed E-state index contributed by atoms with van der Waals surface area (Å²) in [6.45, 7) is 6.72. The zero-order chi connectivity index (χ0) is 22.2. The summed E-state index contributed by atoms with van der Waals surface area (Å²) in [6.07, 6.45) is 1.58. The van der Waals surface area contributed by atoms with Gasteiger partial charge in [0.2, 0.25) is 0 Å². The lowest BCUT2D eigenvalue weighted by molar-refractivity contribution is -0.122. The molecule has 1 atom stereocenters. The van der Waals surface area contributed by atoms with Crippen LogP contribution in [0.1, 0.15) is 42.5 Å². The summed E-state index contributed by atoms with van der Waals surface area (Å²) in [4.78, 5) is 47.0. The zero-order valence-electron chi connectivity index (χ0n) is 18.5. The molecule has 2 aliphatic rings. The van der Waals surface area contributed by atoms with Crippen molar-refractivity contribution in [2.75, 3.05) is 34.2 Å². The van der Waals surface area contributed by atoms with Crippen molar-refractivity contribution in [2.24, 2.45) is 10.9 Å². The quantitative estimate of drug-likeness (QED) is 0.525. The highest BCUT2D eigenvalue weighted by atomic mass is 16.6. The predicted molar refractivity (Wildman–Crippen MR) is 110 cm³/mol. The molecule has 0 aliphatic carbocycles. The van der Waals surface area contributed by atoms with E-state index in [1.54, 1.807) is 35.6 Å². The molecule has 1 aromatic heterocycles. The molecule has 0 radical (unpaired) electrons. The van der Waals surface area contributed by atoms with Gasteiger partial charge in [-0.2, -0.15) is 5.10 Å². The second-order valence-corrected chi connectivity index (χ2v) is 9.04. The predicted octanol–water partition coefficient (Wildman–Crippen LogP) is 0.995. The van der Waals surface area contributed by atoms with Crippen molar-refractivity contribution in [3.8, 4) is 0 Å². The summed E-state index contributed by atoms with van der Waals surface area (Å²) >= 11 is 0. The molecule has 0 N–H and O–H groups in total. The molecule has 3 rings (SSSR count). The number of fused-ring (bicyclic) bond motifs is 3. The van der Waals surface area contributed by atoms with Crippen molar-refractivity contribution in [1.82, 2.24) is 24.5 Å². The van der Waals surface area contributed by atoms with Crippen molar-refractivity contribution in [2.45, 2.75) is 45.9 Å². The standard InChI is InChI=1S/C20H30N6O4/c1-20(2,3)30-19(29)25-8-7-15-14(11-25)16-18(28)24(6)9-13(10-26(16)22-15)17(27)21-12-23(4)5/h12-13H,7-11H2,1-6H3/b21-12+. The van der Waals surface area contributed by atoms with Crippen LogP contribution in [0.15, 0.2) is 4.99 Å². The molecule has 3 amide bonds. The van der Waals surface area contributed by atoms with Crippen molar-refractivity contribution in [3.05, 3.63) is 17.0 Å². The molecule has 0 spiro atoms. The molecule has 164 valence electrons. The van der Waals surface area contributed by atoms with E-state index in [0.717, 1.165) is 11.3 Å². The molecule has 1 unspecified atom stereocenters. The van der Waals surface area contributed by atoms with Crippen LogP contribution in [0.2, 0.25) is 0 Å². The SMILES string of the molecule is CN(C)/C=N/C(=O)C1CN(C)C(=O)c2c3c(nn2C1)CCN(C(=O)OC(C)(C)C)C3. The molecule has 10 heteroatoms. The van der Waals surface area contributed by atoms with Gasteiger partial charge in [0.25, 0.3) is 11.8 Å². The Bertz CT molecular complexity index is 883. The van der Waals surface area contributed by atoms with E-state index in [9.17, 15) is 14.4 Å². The van der Waals surface area contributed by atoms with E-state index in [2.05, 4.69) is 10.1 Å². The fraction of sp³-hybridized carbons (Fsp3) is 0.650. The molecular weight excluding hydrogens is 388 g/mol. The Morgan fingerprint density at radius 1 is 1.27 bits per heavy atom. The smallest absolute Gasteiger partial charge is 0.410 e. The maximum absolute atomic E-state index is 13.1. The first-order chi connectivity index (χ1) is 14.0. The fourth-order valence-electron chi connectivity index (χ4n) is 3.57. The minimum absolute atomic E-state index is 0.207. The Kier molecular flexibility index (Phi) is 5.87. The average molecular weight is 418 g/mol.